The van der Waals surface area contributed by atoms with Crippen molar-refractivity contribution in [2.24, 2.45) is 0 Å². The van der Waals surface area contributed by atoms with Crippen LogP contribution in [0.25, 0.3) is 0 Å². The highest BCUT2D eigenvalue weighted by molar-refractivity contribution is 9.10. The molecule has 0 aromatic carbocycles. The predicted octanol–water partition coefficient (Wildman–Crippen LogP) is 3.19. The second-order valence-corrected chi connectivity index (χ2v) is 5.04. The molecule has 0 fully saturated rings. The zero-order valence-electron chi connectivity index (χ0n) is 8.15. The molecule has 0 saturated heterocycles. The van der Waals surface area contributed by atoms with Crippen molar-refractivity contribution < 1.29 is 9.90 Å². The van der Waals surface area contributed by atoms with Crippen LogP contribution in [0.2, 0.25) is 0 Å². The highest BCUT2D eigenvalue weighted by Crippen LogP contribution is 2.18. The lowest BCUT2D eigenvalue weighted by Gasteiger charge is -1.99. The summed E-state index contributed by atoms with van der Waals surface area (Å²) in [6, 6.07) is 3.90. The minimum Gasteiger partial charge on any atom is -0.481 e. The van der Waals surface area contributed by atoms with E-state index in [2.05, 4.69) is 20.9 Å². The summed E-state index contributed by atoms with van der Waals surface area (Å²) in [4.78, 5) is 14.5. The summed E-state index contributed by atoms with van der Waals surface area (Å²) in [5.41, 5.74) is 0. The Morgan fingerprint density at radius 3 is 2.87 bits per heavy atom. The van der Waals surface area contributed by atoms with Gasteiger partial charge in [-0.1, -0.05) is 0 Å². The summed E-state index contributed by atoms with van der Waals surface area (Å²) in [6.45, 7) is 0. The molecule has 0 bridgehead atoms. The smallest absolute Gasteiger partial charge is 0.303 e. The number of aliphatic carboxylic acids is 1. The van der Waals surface area contributed by atoms with Gasteiger partial charge in [-0.15, -0.1) is 11.8 Å². The van der Waals surface area contributed by atoms with Gasteiger partial charge in [0.15, 0.2) is 0 Å². The SMILES string of the molecule is O=C(O)CCCCSc1ccc(Br)cn1. The van der Waals surface area contributed by atoms with Gasteiger partial charge in [0.2, 0.25) is 0 Å². The Morgan fingerprint density at radius 2 is 2.27 bits per heavy atom. The normalized spacial score (nSPS) is 10.2. The Morgan fingerprint density at radius 1 is 1.47 bits per heavy atom. The van der Waals surface area contributed by atoms with Gasteiger partial charge >= 0.3 is 5.97 Å². The topological polar surface area (TPSA) is 50.2 Å². The van der Waals surface area contributed by atoms with E-state index in [1.54, 1.807) is 18.0 Å². The van der Waals surface area contributed by atoms with Crippen LogP contribution < -0.4 is 0 Å². The molecular formula is C10H12BrNO2S. The number of hydrogen-bond acceptors (Lipinski definition) is 3. The second-order valence-electron chi connectivity index (χ2n) is 3.01. The molecule has 0 aliphatic heterocycles. The largest absolute Gasteiger partial charge is 0.481 e. The third kappa shape index (κ3) is 5.79. The third-order valence-corrected chi connectivity index (χ3v) is 3.23. The van der Waals surface area contributed by atoms with Crippen molar-refractivity contribution in [3.63, 3.8) is 0 Å². The molecule has 82 valence electrons. The number of hydrogen-bond donors (Lipinski definition) is 1. The monoisotopic (exact) mass is 289 g/mol. The van der Waals surface area contributed by atoms with Crippen LogP contribution in [0, 0.1) is 0 Å². The van der Waals surface area contributed by atoms with E-state index in [4.69, 9.17) is 5.11 Å². The van der Waals surface area contributed by atoms with Crippen molar-refractivity contribution in [1.82, 2.24) is 4.98 Å². The molecule has 15 heavy (non-hydrogen) atoms. The maximum absolute atomic E-state index is 10.2. The van der Waals surface area contributed by atoms with E-state index in [9.17, 15) is 4.79 Å². The van der Waals surface area contributed by atoms with Crippen LogP contribution in [0.15, 0.2) is 27.8 Å². The predicted molar refractivity (Wildman–Crippen MR) is 64.1 cm³/mol. The fourth-order valence-electron chi connectivity index (χ4n) is 1.00. The van der Waals surface area contributed by atoms with E-state index in [-0.39, 0.29) is 6.42 Å². The molecule has 3 nitrogen and oxygen atoms in total. The molecule has 1 aromatic rings. The van der Waals surface area contributed by atoms with E-state index in [1.807, 2.05) is 12.1 Å². The van der Waals surface area contributed by atoms with Crippen molar-refractivity contribution in [2.75, 3.05) is 5.75 Å². The van der Waals surface area contributed by atoms with Crippen molar-refractivity contribution in [1.29, 1.82) is 0 Å². The fraction of sp³-hybridized carbons (Fsp3) is 0.400. The molecule has 0 aliphatic rings. The number of nitrogens with zero attached hydrogens (tertiary/aromatic N) is 1. The summed E-state index contributed by atoms with van der Waals surface area (Å²) >= 11 is 4.97. The number of halogens is 1. The highest BCUT2D eigenvalue weighted by Gasteiger charge is 1.98. The molecule has 0 amide bonds. The Kier molecular flexibility index (Phi) is 5.71. The van der Waals surface area contributed by atoms with Gasteiger partial charge in [0.1, 0.15) is 0 Å². The van der Waals surface area contributed by atoms with Crippen LogP contribution in [0.3, 0.4) is 0 Å². The van der Waals surface area contributed by atoms with Gasteiger partial charge in [-0.05, 0) is 46.7 Å². The van der Waals surface area contributed by atoms with Gasteiger partial charge in [-0.3, -0.25) is 4.79 Å². The fourth-order valence-corrected chi connectivity index (χ4v) is 2.09. The van der Waals surface area contributed by atoms with Gasteiger partial charge in [0.25, 0.3) is 0 Å². The molecular weight excluding hydrogens is 278 g/mol. The van der Waals surface area contributed by atoms with Crippen LogP contribution in [0.5, 0.6) is 0 Å². The summed E-state index contributed by atoms with van der Waals surface area (Å²) in [5.74, 6) is 0.198. The first kappa shape index (κ1) is 12.5. The van der Waals surface area contributed by atoms with E-state index >= 15 is 0 Å². The Bertz CT molecular complexity index is 316. The number of thioether (sulfide) groups is 1. The minimum absolute atomic E-state index is 0.258. The van der Waals surface area contributed by atoms with Crippen molar-refractivity contribution in [2.45, 2.75) is 24.3 Å². The van der Waals surface area contributed by atoms with Crippen LogP contribution in [0.1, 0.15) is 19.3 Å². The lowest BCUT2D eigenvalue weighted by molar-refractivity contribution is -0.137. The van der Waals surface area contributed by atoms with Gasteiger partial charge in [-0.25, -0.2) is 4.98 Å². The molecule has 0 saturated carbocycles. The lowest BCUT2D eigenvalue weighted by atomic mass is 10.3. The Balaban J connectivity index is 2.15. The second kappa shape index (κ2) is 6.85. The zero-order valence-corrected chi connectivity index (χ0v) is 10.6. The number of carboxylic acid groups (broad SMARTS) is 1. The first-order chi connectivity index (χ1) is 7.18. The van der Waals surface area contributed by atoms with E-state index < -0.39 is 5.97 Å². The van der Waals surface area contributed by atoms with Gasteiger partial charge < -0.3 is 5.11 Å². The van der Waals surface area contributed by atoms with Gasteiger partial charge in [-0.2, -0.15) is 0 Å². The van der Waals surface area contributed by atoms with Gasteiger partial charge in [0.05, 0.1) is 5.03 Å². The van der Waals surface area contributed by atoms with Crippen LogP contribution >= 0.6 is 27.7 Å². The molecule has 0 aliphatic carbocycles. The summed E-state index contributed by atoms with van der Waals surface area (Å²) < 4.78 is 0.970. The molecule has 1 heterocycles. The maximum Gasteiger partial charge on any atom is 0.303 e. The molecule has 1 N–H and O–H groups in total. The standard InChI is InChI=1S/C10H12BrNO2S/c11-8-4-5-9(12-7-8)15-6-2-1-3-10(13)14/h4-5,7H,1-3,6H2,(H,13,14). The Hall–Kier alpha value is -0.550. The van der Waals surface area contributed by atoms with Crippen LogP contribution in [-0.4, -0.2) is 21.8 Å². The van der Waals surface area contributed by atoms with Crippen molar-refractivity contribution in [3.05, 3.63) is 22.8 Å². The molecule has 1 aromatic heterocycles. The lowest BCUT2D eigenvalue weighted by Crippen LogP contribution is -1.94. The number of rotatable bonds is 6. The van der Waals surface area contributed by atoms with E-state index in [1.165, 1.54) is 0 Å². The van der Waals surface area contributed by atoms with Crippen LogP contribution in [0.4, 0.5) is 0 Å². The first-order valence-corrected chi connectivity index (χ1v) is 6.42. The number of carbonyl (C=O) groups is 1. The average molecular weight is 290 g/mol. The number of aromatic nitrogens is 1. The first-order valence-electron chi connectivity index (χ1n) is 4.64. The number of carboxylic acids is 1. The van der Waals surface area contributed by atoms with E-state index in [0.717, 1.165) is 28.1 Å². The Labute approximate surface area is 101 Å². The zero-order chi connectivity index (χ0) is 11.1. The molecule has 0 spiro atoms. The molecule has 0 atom stereocenters. The third-order valence-electron chi connectivity index (χ3n) is 1.74. The van der Waals surface area contributed by atoms with E-state index in [0.29, 0.717) is 0 Å². The quantitative estimate of drug-likeness (QED) is 0.645. The average Bonchev–Trinajstić information content (AvgIpc) is 2.20. The van der Waals surface area contributed by atoms with Crippen molar-refractivity contribution in [3.8, 4) is 0 Å². The molecule has 1 rings (SSSR count). The highest BCUT2D eigenvalue weighted by atomic mass is 79.9. The maximum atomic E-state index is 10.2. The summed E-state index contributed by atoms with van der Waals surface area (Å²) in [5, 5.41) is 9.42. The number of unbranched alkanes of at least 4 members (excludes halogenated alkanes) is 1. The number of pyridine rings is 1. The minimum atomic E-state index is -0.721. The summed E-state index contributed by atoms with van der Waals surface area (Å²) in [6.07, 6.45) is 3.67. The van der Waals surface area contributed by atoms with Crippen LogP contribution in [-0.2, 0) is 4.79 Å². The molecule has 0 radical (unpaired) electrons. The van der Waals surface area contributed by atoms with Crippen molar-refractivity contribution >= 4 is 33.7 Å². The molecule has 5 heteroatoms. The molecule has 0 unspecified atom stereocenters. The van der Waals surface area contributed by atoms with Gasteiger partial charge in [0, 0.05) is 17.1 Å². The summed E-state index contributed by atoms with van der Waals surface area (Å²) in [7, 11) is 0.